The summed E-state index contributed by atoms with van der Waals surface area (Å²) in [7, 11) is 0. The average Bonchev–Trinajstić information content (AvgIpc) is 3.24. The van der Waals surface area contributed by atoms with E-state index in [9.17, 15) is 13.2 Å². The van der Waals surface area contributed by atoms with Gasteiger partial charge in [0.25, 0.3) is 0 Å². The molecule has 7 nitrogen and oxygen atoms in total. The van der Waals surface area contributed by atoms with Gasteiger partial charge in [-0.15, -0.1) is 0 Å². The van der Waals surface area contributed by atoms with E-state index in [2.05, 4.69) is 20.6 Å². The number of fused-ring (bicyclic) bond motifs is 1. The van der Waals surface area contributed by atoms with Crippen molar-refractivity contribution in [2.45, 2.75) is 38.5 Å². The molecule has 0 aliphatic carbocycles. The van der Waals surface area contributed by atoms with Crippen LogP contribution in [0.1, 0.15) is 26.3 Å². The van der Waals surface area contributed by atoms with Crippen molar-refractivity contribution in [1.82, 2.24) is 24.5 Å². The Balaban J connectivity index is 1.88. The topological polar surface area (TPSA) is 72.7 Å². The van der Waals surface area contributed by atoms with Crippen molar-refractivity contribution in [2.24, 2.45) is 0 Å². The van der Waals surface area contributed by atoms with Gasteiger partial charge in [-0.3, -0.25) is 9.67 Å². The van der Waals surface area contributed by atoms with E-state index >= 15 is 0 Å². The van der Waals surface area contributed by atoms with Crippen molar-refractivity contribution in [3.05, 3.63) is 35.2 Å². The van der Waals surface area contributed by atoms with Gasteiger partial charge in [-0.2, -0.15) is 23.4 Å². The summed E-state index contributed by atoms with van der Waals surface area (Å²) in [6.07, 6.45) is -3.12. The largest absolute Gasteiger partial charge is 0.492 e. The van der Waals surface area contributed by atoms with Crippen LogP contribution in [-0.4, -0.2) is 43.4 Å². The Hall–Kier alpha value is -2.82. The van der Waals surface area contributed by atoms with Gasteiger partial charge in [-0.1, -0.05) is 12.1 Å². The van der Waals surface area contributed by atoms with Gasteiger partial charge in [0, 0.05) is 6.04 Å². The van der Waals surface area contributed by atoms with E-state index < -0.39 is 12.2 Å². The van der Waals surface area contributed by atoms with Gasteiger partial charge < -0.3 is 10.1 Å². The molecule has 0 radical (unpaired) electrons. The van der Waals surface area contributed by atoms with Gasteiger partial charge in [-0.25, -0.2) is 4.68 Å². The van der Waals surface area contributed by atoms with Gasteiger partial charge in [0.2, 0.25) is 0 Å². The van der Waals surface area contributed by atoms with Crippen LogP contribution >= 0.6 is 12.2 Å². The summed E-state index contributed by atoms with van der Waals surface area (Å²) in [5, 5.41) is 14.1. The van der Waals surface area contributed by atoms with Crippen LogP contribution in [0.25, 0.3) is 17.1 Å². The highest BCUT2D eigenvalue weighted by Gasteiger charge is 2.46. The van der Waals surface area contributed by atoms with Crippen molar-refractivity contribution >= 4 is 18.0 Å². The molecule has 2 aromatic heterocycles. The fraction of sp³-hybridized carbons (Fsp3) is 0.389. The molecule has 0 amide bonds. The maximum Gasteiger partial charge on any atom is 0.410 e. The van der Waals surface area contributed by atoms with E-state index in [-0.39, 0.29) is 18.3 Å². The van der Waals surface area contributed by atoms with Gasteiger partial charge in [0.1, 0.15) is 11.6 Å². The second-order valence-corrected chi connectivity index (χ2v) is 7.17. The molecule has 2 atom stereocenters. The molecule has 0 spiro atoms. The first-order valence-electron chi connectivity index (χ1n) is 9.12. The summed E-state index contributed by atoms with van der Waals surface area (Å²) in [6.45, 7) is 4.02. The highest BCUT2D eigenvalue weighted by Crippen LogP contribution is 2.42. The molecule has 1 aliphatic heterocycles. The zero-order chi connectivity index (χ0) is 20.8. The molecule has 0 saturated heterocycles. The van der Waals surface area contributed by atoms with Crippen molar-refractivity contribution in [1.29, 1.82) is 0 Å². The lowest BCUT2D eigenvalue weighted by atomic mass is 10.0. The smallest absolute Gasteiger partial charge is 0.410 e. The first-order valence-corrected chi connectivity index (χ1v) is 9.52. The molecule has 0 fully saturated rings. The third-order valence-corrected chi connectivity index (χ3v) is 5.02. The second-order valence-electron chi connectivity index (χ2n) is 6.78. The summed E-state index contributed by atoms with van der Waals surface area (Å²) < 4.78 is 49.2. The number of benzene rings is 1. The molecule has 3 aromatic rings. The average molecular weight is 424 g/mol. The van der Waals surface area contributed by atoms with Crippen LogP contribution in [0.4, 0.5) is 19.0 Å². The molecule has 11 heteroatoms. The van der Waals surface area contributed by atoms with Gasteiger partial charge in [-0.05, 0) is 44.6 Å². The maximum absolute atomic E-state index is 13.5. The third-order valence-electron chi connectivity index (χ3n) is 4.75. The van der Waals surface area contributed by atoms with Crippen LogP contribution in [0, 0.1) is 4.77 Å². The van der Waals surface area contributed by atoms with Crippen LogP contribution in [-0.2, 0) is 0 Å². The predicted octanol–water partition coefficient (Wildman–Crippen LogP) is 4.50. The highest BCUT2D eigenvalue weighted by molar-refractivity contribution is 7.71. The lowest BCUT2D eigenvalue weighted by molar-refractivity contribution is -0.173. The van der Waals surface area contributed by atoms with Crippen LogP contribution in [0.2, 0.25) is 0 Å². The summed E-state index contributed by atoms with van der Waals surface area (Å²) in [5.41, 5.74) is 1.06. The number of hydrogen-bond donors (Lipinski definition) is 2. The van der Waals surface area contributed by atoms with Gasteiger partial charge in [0.15, 0.2) is 16.6 Å². The monoisotopic (exact) mass is 424 g/mol. The highest BCUT2D eigenvalue weighted by atomic mass is 32.1. The summed E-state index contributed by atoms with van der Waals surface area (Å²) in [6, 6.07) is 5.18. The number of para-hydroxylation sites is 2. The molecular weight excluding hydrogens is 405 g/mol. The molecule has 4 rings (SSSR count). The maximum atomic E-state index is 13.5. The number of nitrogens with zero attached hydrogens (tertiary/aromatic N) is 4. The van der Waals surface area contributed by atoms with E-state index in [0.717, 1.165) is 4.68 Å². The van der Waals surface area contributed by atoms with E-state index in [1.54, 1.807) is 17.6 Å². The Labute approximate surface area is 169 Å². The standard InChI is InChI=1S/C18H19F3N6OS/c1-3-28-13-7-5-4-6-12(13)26-16(24-25-17(26)29)11-9-22-27-14(18(19,20)21)8-10(2)23-15(11)27/h4-7,9-10,14,23H,3,8H2,1-2H3,(H,25,29)/t10-,14+/m1/s1. The molecule has 1 aliphatic rings. The first kappa shape index (κ1) is 19.5. The van der Waals surface area contributed by atoms with Gasteiger partial charge >= 0.3 is 6.18 Å². The molecular formula is C18H19F3N6OS. The number of aromatic nitrogens is 5. The Morgan fingerprint density at radius 2 is 2.07 bits per heavy atom. The Morgan fingerprint density at radius 3 is 2.79 bits per heavy atom. The Morgan fingerprint density at radius 1 is 1.31 bits per heavy atom. The Kier molecular flexibility index (Phi) is 4.85. The third kappa shape index (κ3) is 3.39. The lowest BCUT2D eigenvalue weighted by Crippen LogP contribution is -2.38. The fourth-order valence-corrected chi connectivity index (χ4v) is 3.76. The van der Waals surface area contributed by atoms with E-state index in [1.807, 2.05) is 25.1 Å². The summed E-state index contributed by atoms with van der Waals surface area (Å²) >= 11 is 5.39. The Bertz CT molecular complexity index is 1090. The first-order chi connectivity index (χ1) is 13.8. The van der Waals surface area contributed by atoms with Crippen molar-refractivity contribution in [3.8, 4) is 22.8 Å². The second kappa shape index (κ2) is 7.21. The molecule has 0 saturated carbocycles. The molecule has 154 valence electrons. The number of H-pyrrole nitrogens is 1. The summed E-state index contributed by atoms with van der Waals surface area (Å²) in [5.74, 6) is 1.20. The number of nitrogens with one attached hydrogen (secondary N) is 2. The van der Waals surface area contributed by atoms with E-state index in [4.69, 9.17) is 17.0 Å². The predicted molar refractivity (Wildman–Crippen MR) is 104 cm³/mol. The minimum atomic E-state index is -4.40. The zero-order valence-corrected chi connectivity index (χ0v) is 16.5. The molecule has 0 unspecified atom stereocenters. The van der Waals surface area contributed by atoms with E-state index in [0.29, 0.717) is 34.2 Å². The number of alkyl halides is 3. The number of halogens is 3. The summed E-state index contributed by atoms with van der Waals surface area (Å²) in [4.78, 5) is 0. The minimum Gasteiger partial charge on any atom is -0.492 e. The molecule has 0 bridgehead atoms. The zero-order valence-electron chi connectivity index (χ0n) is 15.7. The molecule has 2 N–H and O–H groups in total. The minimum absolute atomic E-state index is 0.0996. The normalized spacial score (nSPS) is 18.9. The molecule has 3 heterocycles. The van der Waals surface area contributed by atoms with Gasteiger partial charge in [0.05, 0.1) is 24.1 Å². The van der Waals surface area contributed by atoms with Crippen molar-refractivity contribution in [3.63, 3.8) is 0 Å². The number of rotatable bonds is 4. The number of aromatic amines is 1. The number of anilines is 1. The number of hydrogen-bond acceptors (Lipinski definition) is 5. The van der Waals surface area contributed by atoms with Crippen LogP contribution in [0.5, 0.6) is 5.75 Å². The van der Waals surface area contributed by atoms with Crippen LogP contribution in [0.15, 0.2) is 30.5 Å². The number of ether oxygens (including phenoxy) is 1. The van der Waals surface area contributed by atoms with Crippen LogP contribution in [0.3, 0.4) is 0 Å². The molecule has 1 aromatic carbocycles. The van der Waals surface area contributed by atoms with Crippen molar-refractivity contribution in [2.75, 3.05) is 11.9 Å². The quantitative estimate of drug-likeness (QED) is 0.604. The SMILES string of the molecule is CCOc1ccccc1-n1c(-c2cnn3c2N[C@H](C)C[C@H]3C(F)(F)F)n[nH]c1=S. The van der Waals surface area contributed by atoms with E-state index in [1.165, 1.54) is 6.20 Å². The van der Waals surface area contributed by atoms with Crippen LogP contribution < -0.4 is 10.1 Å². The molecule has 29 heavy (non-hydrogen) atoms. The lowest BCUT2D eigenvalue weighted by Gasteiger charge is -2.32. The fourth-order valence-electron chi connectivity index (χ4n) is 3.53. The van der Waals surface area contributed by atoms with Crippen molar-refractivity contribution < 1.29 is 17.9 Å².